The van der Waals surface area contributed by atoms with Crippen molar-refractivity contribution in [3.63, 3.8) is 0 Å². The molecule has 0 aromatic carbocycles. The molecular formula is C4H6NO2. The molecule has 0 rings (SSSR count). The van der Waals surface area contributed by atoms with E-state index in [1.54, 1.807) is 6.29 Å². The predicted octanol–water partition coefficient (Wildman–Crippen LogP) is -0.638. The Balaban J connectivity index is 2.97. The van der Waals surface area contributed by atoms with Crippen LogP contribution in [-0.2, 0) is 9.59 Å². The third kappa shape index (κ3) is 5.14. The lowest BCUT2D eigenvalue weighted by Crippen LogP contribution is -2.09. The molecule has 1 amide bonds. The number of hydrogen-bond donors (Lipinski definition) is 1. The van der Waals surface area contributed by atoms with Crippen molar-refractivity contribution in [2.24, 2.45) is 5.73 Å². The van der Waals surface area contributed by atoms with Gasteiger partial charge >= 0.3 is 0 Å². The van der Waals surface area contributed by atoms with Gasteiger partial charge in [-0.15, -0.1) is 0 Å². The van der Waals surface area contributed by atoms with E-state index < -0.39 is 5.91 Å². The second kappa shape index (κ2) is 3.33. The maximum absolute atomic E-state index is 9.80. The van der Waals surface area contributed by atoms with Gasteiger partial charge in [0.25, 0.3) is 0 Å². The standard InChI is InChI=1S/C4H6NO2/c5-4(7)2-1-3-6/h1-2H2,(H2,5,7). The molecule has 0 saturated carbocycles. The lowest BCUT2D eigenvalue weighted by atomic mass is 10.3. The summed E-state index contributed by atoms with van der Waals surface area (Å²) in [7, 11) is 0. The van der Waals surface area contributed by atoms with E-state index in [2.05, 4.69) is 5.73 Å². The highest BCUT2D eigenvalue weighted by molar-refractivity contribution is 5.76. The minimum Gasteiger partial charge on any atom is -0.370 e. The number of carbonyl (C=O) groups excluding carboxylic acids is 2. The fourth-order valence-corrected chi connectivity index (χ4v) is 0.174. The van der Waals surface area contributed by atoms with Crippen LogP contribution in [-0.4, -0.2) is 12.2 Å². The molecule has 0 aliphatic rings. The first-order chi connectivity index (χ1) is 3.27. The highest BCUT2D eigenvalue weighted by Crippen LogP contribution is 1.78. The van der Waals surface area contributed by atoms with Crippen LogP contribution >= 0.6 is 0 Å². The van der Waals surface area contributed by atoms with Crippen molar-refractivity contribution < 1.29 is 9.59 Å². The molecule has 0 unspecified atom stereocenters. The van der Waals surface area contributed by atoms with E-state index in [-0.39, 0.29) is 12.8 Å². The lowest BCUT2D eigenvalue weighted by molar-refractivity contribution is -0.117. The summed E-state index contributed by atoms with van der Waals surface area (Å²) >= 11 is 0. The second-order valence-corrected chi connectivity index (χ2v) is 1.11. The van der Waals surface area contributed by atoms with Gasteiger partial charge in [0.05, 0.1) is 0 Å². The Morgan fingerprint density at radius 1 is 1.71 bits per heavy atom. The maximum Gasteiger partial charge on any atom is 0.217 e. The average Bonchev–Trinajstić information content (AvgIpc) is 1.61. The highest BCUT2D eigenvalue weighted by atomic mass is 16.1. The molecule has 39 valence electrons. The van der Waals surface area contributed by atoms with Gasteiger partial charge in [-0.1, -0.05) is 0 Å². The molecule has 0 aliphatic heterocycles. The first-order valence-corrected chi connectivity index (χ1v) is 1.90. The zero-order valence-electron chi connectivity index (χ0n) is 3.81. The summed E-state index contributed by atoms with van der Waals surface area (Å²) in [5.41, 5.74) is 4.66. The molecule has 0 aromatic rings. The molecule has 0 heterocycles. The molecule has 0 atom stereocenters. The fourth-order valence-electron chi connectivity index (χ4n) is 0.174. The quantitative estimate of drug-likeness (QED) is 0.512. The van der Waals surface area contributed by atoms with Crippen molar-refractivity contribution in [3.8, 4) is 0 Å². The molecule has 1 radical (unpaired) electrons. The zero-order chi connectivity index (χ0) is 5.70. The molecule has 3 nitrogen and oxygen atoms in total. The first-order valence-electron chi connectivity index (χ1n) is 1.90. The van der Waals surface area contributed by atoms with Gasteiger partial charge in [0.15, 0.2) is 6.29 Å². The van der Waals surface area contributed by atoms with Gasteiger partial charge in [0.2, 0.25) is 5.91 Å². The largest absolute Gasteiger partial charge is 0.370 e. The van der Waals surface area contributed by atoms with Gasteiger partial charge in [-0.2, -0.15) is 0 Å². The van der Waals surface area contributed by atoms with Gasteiger partial charge in [-0.05, 0) is 0 Å². The van der Waals surface area contributed by atoms with Gasteiger partial charge in [0.1, 0.15) is 0 Å². The summed E-state index contributed by atoms with van der Waals surface area (Å²) in [6, 6.07) is 0. The average molecular weight is 100 g/mol. The van der Waals surface area contributed by atoms with Crippen molar-refractivity contribution >= 4 is 12.2 Å². The van der Waals surface area contributed by atoms with E-state index in [1.165, 1.54) is 0 Å². The Hall–Kier alpha value is -0.860. The molecule has 0 bridgehead atoms. The lowest BCUT2D eigenvalue weighted by Gasteiger charge is -1.80. The monoisotopic (exact) mass is 100 g/mol. The number of hydrogen-bond acceptors (Lipinski definition) is 2. The van der Waals surface area contributed by atoms with Crippen LogP contribution in [0.3, 0.4) is 0 Å². The summed E-state index contributed by atoms with van der Waals surface area (Å²) < 4.78 is 0. The van der Waals surface area contributed by atoms with E-state index in [1.807, 2.05) is 0 Å². The third-order valence-electron chi connectivity index (χ3n) is 0.473. The van der Waals surface area contributed by atoms with Crippen LogP contribution in [0, 0.1) is 0 Å². The van der Waals surface area contributed by atoms with Gasteiger partial charge < -0.3 is 5.73 Å². The van der Waals surface area contributed by atoms with Crippen LogP contribution in [0.5, 0.6) is 0 Å². The molecular weight excluding hydrogens is 94.0 g/mol. The van der Waals surface area contributed by atoms with Crippen LogP contribution in [0.4, 0.5) is 0 Å². The Morgan fingerprint density at radius 3 is 2.43 bits per heavy atom. The fraction of sp³-hybridized carbons (Fsp3) is 0.500. The van der Waals surface area contributed by atoms with Crippen molar-refractivity contribution in [2.75, 3.05) is 0 Å². The summed E-state index contributed by atoms with van der Waals surface area (Å²) in [6.45, 7) is 0. The van der Waals surface area contributed by atoms with E-state index in [9.17, 15) is 9.59 Å². The number of carbonyl (C=O) groups is 1. The van der Waals surface area contributed by atoms with E-state index in [0.29, 0.717) is 0 Å². The van der Waals surface area contributed by atoms with Crippen molar-refractivity contribution in [1.29, 1.82) is 0 Å². The number of amides is 1. The van der Waals surface area contributed by atoms with Gasteiger partial charge in [0, 0.05) is 12.8 Å². The second-order valence-electron chi connectivity index (χ2n) is 1.11. The van der Waals surface area contributed by atoms with Crippen molar-refractivity contribution in [1.82, 2.24) is 0 Å². The van der Waals surface area contributed by atoms with Crippen LogP contribution in [0.15, 0.2) is 0 Å². The first kappa shape index (κ1) is 6.14. The SMILES string of the molecule is NC(=O)CC[C]=O. The number of rotatable bonds is 3. The molecule has 0 fully saturated rings. The predicted molar refractivity (Wildman–Crippen MR) is 24.1 cm³/mol. The Bertz CT molecular complexity index is 79.8. The summed E-state index contributed by atoms with van der Waals surface area (Å²) in [6.07, 6.45) is 1.78. The van der Waals surface area contributed by atoms with Gasteiger partial charge in [-0.3, -0.25) is 9.59 Å². The topological polar surface area (TPSA) is 60.2 Å². The molecule has 0 aromatic heterocycles. The highest BCUT2D eigenvalue weighted by Gasteiger charge is 1.89. The number of primary amides is 1. The smallest absolute Gasteiger partial charge is 0.217 e. The molecule has 0 aliphatic carbocycles. The normalized spacial score (nSPS) is 8.00. The molecule has 2 N–H and O–H groups in total. The summed E-state index contributed by atoms with van der Waals surface area (Å²) in [4.78, 5) is 19.2. The summed E-state index contributed by atoms with van der Waals surface area (Å²) in [5, 5.41) is 0. The minimum atomic E-state index is -0.455. The van der Waals surface area contributed by atoms with Crippen LogP contribution in [0.1, 0.15) is 12.8 Å². The third-order valence-corrected chi connectivity index (χ3v) is 0.473. The Morgan fingerprint density at radius 2 is 2.29 bits per heavy atom. The molecule has 0 spiro atoms. The van der Waals surface area contributed by atoms with Crippen molar-refractivity contribution in [3.05, 3.63) is 0 Å². The summed E-state index contributed by atoms with van der Waals surface area (Å²) in [5.74, 6) is -0.455. The molecule has 0 saturated heterocycles. The van der Waals surface area contributed by atoms with E-state index >= 15 is 0 Å². The number of nitrogens with two attached hydrogens (primary N) is 1. The van der Waals surface area contributed by atoms with Crippen molar-refractivity contribution in [2.45, 2.75) is 12.8 Å². The maximum atomic E-state index is 9.80. The van der Waals surface area contributed by atoms with E-state index in [4.69, 9.17) is 0 Å². The van der Waals surface area contributed by atoms with Crippen LogP contribution < -0.4 is 5.73 Å². The Labute approximate surface area is 41.5 Å². The minimum absolute atomic E-state index is 0.115. The Kier molecular flexibility index (Phi) is 2.92. The molecule has 7 heavy (non-hydrogen) atoms. The zero-order valence-corrected chi connectivity index (χ0v) is 3.81. The van der Waals surface area contributed by atoms with Crippen LogP contribution in [0.2, 0.25) is 0 Å². The van der Waals surface area contributed by atoms with Gasteiger partial charge in [-0.25, -0.2) is 0 Å². The van der Waals surface area contributed by atoms with Crippen LogP contribution in [0.25, 0.3) is 0 Å². The molecule has 3 heteroatoms. The van der Waals surface area contributed by atoms with E-state index in [0.717, 1.165) is 0 Å².